The van der Waals surface area contributed by atoms with Crippen molar-refractivity contribution in [2.45, 2.75) is 33.7 Å². The maximum Gasteiger partial charge on any atom is 0.257 e. The number of aromatic nitrogens is 1. The number of hydrogen-bond acceptors (Lipinski definition) is 3. The fraction of sp³-hybridized carbons (Fsp3) is 0.389. The normalized spacial score (nSPS) is 13.3. The van der Waals surface area contributed by atoms with Crippen molar-refractivity contribution in [1.29, 1.82) is 0 Å². The van der Waals surface area contributed by atoms with Gasteiger partial charge in [-0.2, -0.15) is 0 Å². The van der Waals surface area contributed by atoms with E-state index < -0.39 is 0 Å². The van der Waals surface area contributed by atoms with E-state index >= 15 is 0 Å². The molecule has 0 bridgehead atoms. The molecule has 1 aromatic heterocycles. The molecule has 0 unspecified atom stereocenters. The number of ether oxygens (including phenoxy) is 2. The molecular formula is C18H22N2O3. The average Bonchev–Trinajstić information content (AvgIpc) is 2.82. The first-order valence-electron chi connectivity index (χ1n) is 7.87. The van der Waals surface area contributed by atoms with Crippen LogP contribution in [0.4, 0.5) is 5.69 Å². The van der Waals surface area contributed by atoms with Crippen molar-refractivity contribution < 1.29 is 14.3 Å². The zero-order chi connectivity index (χ0) is 16.6. The Morgan fingerprint density at radius 1 is 1.13 bits per heavy atom. The largest absolute Gasteiger partial charge is 0.486 e. The number of anilines is 1. The summed E-state index contributed by atoms with van der Waals surface area (Å²) in [6.45, 7) is 9.31. The Labute approximate surface area is 136 Å². The molecule has 0 fully saturated rings. The molecule has 1 N–H and O–H groups in total. The van der Waals surface area contributed by atoms with Crippen LogP contribution in [-0.4, -0.2) is 23.7 Å². The second kappa shape index (κ2) is 5.99. The summed E-state index contributed by atoms with van der Waals surface area (Å²) in [5.41, 5.74) is 3.47. The van der Waals surface area contributed by atoms with Crippen LogP contribution < -0.4 is 14.8 Å². The molecule has 23 heavy (non-hydrogen) atoms. The number of carbonyl (C=O) groups excluding carboxylic acids is 1. The van der Waals surface area contributed by atoms with Crippen LogP contribution >= 0.6 is 0 Å². The first-order chi connectivity index (χ1) is 11.0. The SMILES string of the molecule is Cc1cc(C(=O)Nc2ccc3c(c2)OCCO3)c(C)n1C(C)C. The minimum atomic E-state index is -0.110. The van der Waals surface area contributed by atoms with Gasteiger partial charge in [0.25, 0.3) is 5.91 Å². The highest BCUT2D eigenvalue weighted by molar-refractivity contribution is 6.05. The van der Waals surface area contributed by atoms with Crippen molar-refractivity contribution in [3.8, 4) is 11.5 Å². The molecule has 0 aliphatic carbocycles. The Bertz CT molecular complexity index is 747. The number of nitrogens with one attached hydrogen (secondary N) is 1. The van der Waals surface area contributed by atoms with Crippen molar-refractivity contribution >= 4 is 11.6 Å². The summed E-state index contributed by atoms with van der Waals surface area (Å²) in [7, 11) is 0. The summed E-state index contributed by atoms with van der Waals surface area (Å²) >= 11 is 0. The molecular weight excluding hydrogens is 292 g/mol. The predicted octanol–water partition coefficient (Wildman–Crippen LogP) is 3.71. The highest BCUT2D eigenvalue weighted by Crippen LogP contribution is 2.33. The lowest BCUT2D eigenvalue weighted by atomic mass is 10.2. The first-order valence-corrected chi connectivity index (χ1v) is 7.87. The van der Waals surface area contributed by atoms with Crippen LogP contribution in [0.1, 0.15) is 41.6 Å². The Kier molecular flexibility index (Phi) is 4.03. The van der Waals surface area contributed by atoms with Gasteiger partial charge in [-0.3, -0.25) is 4.79 Å². The maximum absolute atomic E-state index is 12.6. The lowest BCUT2D eigenvalue weighted by molar-refractivity contribution is 0.102. The van der Waals surface area contributed by atoms with Gasteiger partial charge >= 0.3 is 0 Å². The molecule has 1 amide bonds. The van der Waals surface area contributed by atoms with E-state index in [1.165, 1.54) is 0 Å². The topological polar surface area (TPSA) is 52.5 Å². The van der Waals surface area contributed by atoms with E-state index in [4.69, 9.17) is 9.47 Å². The summed E-state index contributed by atoms with van der Waals surface area (Å²) in [6.07, 6.45) is 0. The molecule has 2 aromatic rings. The molecule has 0 radical (unpaired) electrons. The third-order valence-electron chi connectivity index (χ3n) is 4.05. The molecule has 2 heterocycles. The zero-order valence-electron chi connectivity index (χ0n) is 14.0. The summed E-state index contributed by atoms with van der Waals surface area (Å²) < 4.78 is 13.2. The van der Waals surface area contributed by atoms with Crippen molar-refractivity contribution in [2.24, 2.45) is 0 Å². The van der Waals surface area contributed by atoms with E-state index in [2.05, 4.69) is 23.7 Å². The first kappa shape index (κ1) is 15.5. The van der Waals surface area contributed by atoms with Gasteiger partial charge in [0, 0.05) is 29.2 Å². The maximum atomic E-state index is 12.6. The molecule has 5 heteroatoms. The average molecular weight is 314 g/mol. The molecule has 3 rings (SSSR count). The van der Waals surface area contributed by atoms with E-state index in [-0.39, 0.29) is 5.91 Å². The predicted molar refractivity (Wildman–Crippen MR) is 89.7 cm³/mol. The molecule has 0 spiro atoms. The van der Waals surface area contributed by atoms with Crippen molar-refractivity contribution in [3.63, 3.8) is 0 Å². The Balaban J connectivity index is 1.84. The lowest BCUT2D eigenvalue weighted by Gasteiger charge is -2.19. The number of hydrogen-bond donors (Lipinski definition) is 1. The number of aryl methyl sites for hydroxylation is 1. The second-order valence-corrected chi connectivity index (χ2v) is 6.06. The number of fused-ring (bicyclic) bond motifs is 1. The molecule has 1 aliphatic rings. The third-order valence-corrected chi connectivity index (χ3v) is 4.05. The van der Waals surface area contributed by atoms with E-state index in [0.29, 0.717) is 42.0 Å². The van der Waals surface area contributed by atoms with Gasteiger partial charge in [-0.15, -0.1) is 0 Å². The van der Waals surface area contributed by atoms with Crippen LogP contribution in [0.3, 0.4) is 0 Å². The van der Waals surface area contributed by atoms with Crippen molar-refractivity contribution in [2.75, 3.05) is 18.5 Å². The summed E-state index contributed by atoms with van der Waals surface area (Å²) in [4.78, 5) is 12.6. The molecule has 0 atom stereocenters. The van der Waals surface area contributed by atoms with Crippen LogP contribution in [0.2, 0.25) is 0 Å². The molecule has 0 saturated carbocycles. The van der Waals surface area contributed by atoms with Crippen molar-refractivity contribution in [1.82, 2.24) is 4.57 Å². The van der Waals surface area contributed by atoms with Gasteiger partial charge in [0.2, 0.25) is 0 Å². The monoisotopic (exact) mass is 314 g/mol. The van der Waals surface area contributed by atoms with Crippen LogP contribution in [0, 0.1) is 13.8 Å². The number of nitrogens with zero attached hydrogens (tertiary/aromatic N) is 1. The molecule has 122 valence electrons. The van der Waals surface area contributed by atoms with Gasteiger partial charge in [-0.25, -0.2) is 0 Å². The minimum absolute atomic E-state index is 0.110. The summed E-state index contributed by atoms with van der Waals surface area (Å²) in [5.74, 6) is 1.27. The highest BCUT2D eigenvalue weighted by Gasteiger charge is 2.18. The summed E-state index contributed by atoms with van der Waals surface area (Å²) in [5, 5.41) is 2.94. The Morgan fingerprint density at radius 2 is 1.83 bits per heavy atom. The van der Waals surface area contributed by atoms with Crippen LogP contribution in [0.5, 0.6) is 11.5 Å². The smallest absolute Gasteiger partial charge is 0.257 e. The summed E-state index contributed by atoms with van der Waals surface area (Å²) in [6, 6.07) is 7.71. The van der Waals surface area contributed by atoms with Gasteiger partial charge < -0.3 is 19.4 Å². The molecule has 1 aliphatic heterocycles. The second-order valence-electron chi connectivity index (χ2n) is 6.06. The zero-order valence-corrected chi connectivity index (χ0v) is 14.0. The van der Waals surface area contributed by atoms with E-state index in [1.54, 1.807) is 6.07 Å². The molecule has 1 aromatic carbocycles. The highest BCUT2D eigenvalue weighted by atomic mass is 16.6. The Morgan fingerprint density at radius 3 is 2.48 bits per heavy atom. The van der Waals surface area contributed by atoms with Gasteiger partial charge in [-0.05, 0) is 45.9 Å². The van der Waals surface area contributed by atoms with Gasteiger partial charge in [0.1, 0.15) is 13.2 Å². The van der Waals surface area contributed by atoms with Gasteiger partial charge in [0.15, 0.2) is 11.5 Å². The van der Waals surface area contributed by atoms with Crippen LogP contribution in [0.15, 0.2) is 24.3 Å². The van der Waals surface area contributed by atoms with Gasteiger partial charge in [-0.1, -0.05) is 0 Å². The van der Waals surface area contributed by atoms with E-state index in [9.17, 15) is 4.79 Å². The van der Waals surface area contributed by atoms with E-state index in [0.717, 1.165) is 11.4 Å². The fourth-order valence-corrected chi connectivity index (χ4v) is 3.12. The molecule has 5 nitrogen and oxygen atoms in total. The number of amides is 1. The molecule has 0 saturated heterocycles. The minimum Gasteiger partial charge on any atom is -0.486 e. The van der Waals surface area contributed by atoms with Crippen LogP contribution in [-0.2, 0) is 0 Å². The lowest BCUT2D eigenvalue weighted by Crippen LogP contribution is -2.17. The Hall–Kier alpha value is -2.43. The van der Waals surface area contributed by atoms with Gasteiger partial charge in [0.05, 0.1) is 5.56 Å². The number of rotatable bonds is 3. The van der Waals surface area contributed by atoms with E-state index in [1.807, 2.05) is 32.0 Å². The third kappa shape index (κ3) is 2.91. The fourth-order valence-electron chi connectivity index (χ4n) is 3.12. The van der Waals surface area contributed by atoms with Crippen LogP contribution in [0.25, 0.3) is 0 Å². The number of benzene rings is 1. The quantitative estimate of drug-likeness (QED) is 0.939. The standard InChI is InChI=1S/C18H22N2O3/c1-11(2)20-12(3)9-15(13(20)4)18(21)19-14-5-6-16-17(10-14)23-8-7-22-16/h5-6,9-11H,7-8H2,1-4H3,(H,19,21). The van der Waals surface area contributed by atoms with Crippen molar-refractivity contribution in [3.05, 3.63) is 41.2 Å². The number of carbonyl (C=O) groups is 1.